The van der Waals surface area contributed by atoms with E-state index in [0.29, 0.717) is 36.8 Å². The number of benzene rings is 2. The van der Waals surface area contributed by atoms with Gasteiger partial charge in [-0.1, -0.05) is 23.7 Å². The number of piperazine rings is 1. The number of amides is 1. The van der Waals surface area contributed by atoms with Gasteiger partial charge in [-0.05, 0) is 30.3 Å². The number of ether oxygens (including phenoxy) is 1. The van der Waals surface area contributed by atoms with E-state index >= 15 is 0 Å². The number of para-hydroxylation sites is 1. The lowest BCUT2D eigenvalue weighted by atomic mass is 10.2. The highest BCUT2D eigenvalue weighted by Crippen LogP contribution is 2.26. The van der Waals surface area contributed by atoms with Gasteiger partial charge < -0.3 is 14.5 Å². The molecule has 28 heavy (non-hydrogen) atoms. The Morgan fingerprint density at radius 2 is 1.89 bits per heavy atom. The summed E-state index contributed by atoms with van der Waals surface area (Å²) in [5, 5.41) is 0.703. The van der Waals surface area contributed by atoms with E-state index < -0.39 is 5.97 Å². The minimum atomic E-state index is -0.502. The summed E-state index contributed by atoms with van der Waals surface area (Å²) in [6.45, 7) is 2.24. The number of thiazole rings is 1. The molecule has 3 aromatic rings. The van der Waals surface area contributed by atoms with E-state index in [-0.39, 0.29) is 12.5 Å². The first-order chi connectivity index (χ1) is 13.6. The number of rotatable bonds is 4. The molecule has 4 rings (SSSR count). The highest BCUT2D eigenvalue weighted by molar-refractivity contribution is 7.16. The first-order valence-electron chi connectivity index (χ1n) is 8.89. The fourth-order valence-corrected chi connectivity index (χ4v) is 4.16. The first-order valence-corrected chi connectivity index (χ1v) is 10.2. The van der Waals surface area contributed by atoms with E-state index in [1.54, 1.807) is 28.6 Å². The van der Waals surface area contributed by atoms with Crippen LogP contribution < -0.4 is 4.90 Å². The van der Waals surface area contributed by atoms with Gasteiger partial charge in [0.2, 0.25) is 0 Å². The van der Waals surface area contributed by atoms with Gasteiger partial charge in [0.05, 0.1) is 32.0 Å². The zero-order valence-electron chi connectivity index (χ0n) is 15.0. The maximum atomic E-state index is 12.4. The number of anilines is 1. The molecule has 0 N–H and O–H groups in total. The van der Waals surface area contributed by atoms with Crippen molar-refractivity contribution in [3.05, 3.63) is 58.6 Å². The average molecular weight is 416 g/mol. The third-order valence-corrected chi connectivity index (χ3v) is 5.83. The van der Waals surface area contributed by atoms with Crippen LogP contribution in [0.25, 0.3) is 10.2 Å². The quantitative estimate of drug-likeness (QED) is 0.611. The number of aromatic nitrogens is 1. The molecule has 144 valence electrons. The molecule has 0 saturated carbocycles. The van der Waals surface area contributed by atoms with Crippen molar-refractivity contribution in [3.63, 3.8) is 0 Å². The molecule has 0 aliphatic carbocycles. The Morgan fingerprint density at radius 3 is 2.68 bits per heavy atom. The van der Waals surface area contributed by atoms with E-state index in [9.17, 15) is 9.59 Å². The fraction of sp³-hybridized carbons (Fsp3) is 0.250. The SMILES string of the molecule is O=C(OCC(=O)N1CCN(c2ccccc2Cl)CC1)c1ccc2ncsc2c1. The van der Waals surface area contributed by atoms with Gasteiger partial charge in [-0.3, -0.25) is 4.79 Å². The number of carbonyl (C=O) groups is 2. The molecule has 1 aliphatic rings. The van der Waals surface area contributed by atoms with Crippen LogP contribution in [0.5, 0.6) is 0 Å². The molecule has 6 nitrogen and oxygen atoms in total. The Labute approximate surface area is 171 Å². The van der Waals surface area contributed by atoms with Gasteiger partial charge in [-0.2, -0.15) is 0 Å². The van der Waals surface area contributed by atoms with Crippen LogP contribution in [-0.4, -0.2) is 54.5 Å². The Kier molecular flexibility index (Phi) is 5.45. The van der Waals surface area contributed by atoms with Crippen LogP contribution in [0.3, 0.4) is 0 Å². The van der Waals surface area contributed by atoms with E-state index in [1.165, 1.54) is 11.3 Å². The molecule has 0 bridgehead atoms. The summed E-state index contributed by atoms with van der Waals surface area (Å²) in [4.78, 5) is 32.7. The second-order valence-electron chi connectivity index (χ2n) is 6.43. The predicted molar refractivity (Wildman–Crippen MR) is 110 cm³/mol. The van der Waals surface area contributed by atoms with Crippen molar-refractivity contribution < 1.29 is 14.3 Å². The number of halogens is 1. The van der Waals surface area contributed by atoms with Crippen LogP contribution in [0, 0.1) is 0 Å². The summed E-state index contributed by atoms with van der Waals surface area (Å²) in [6, 6.07) is 12.9. The second kappa shape index (κ2) is 8.16. The Balaban J connectivity index is 1.30. The number of carbonyl (C=O) groups excluding carboxylic acids is 2. The molecule has 8 heteroatoms. The van der Waals surface area contributed by atoms with Crippen molar-refractivity contribution in [1.29, 1.82) is 0 Å². The number of esters is 1. The van der Waals surface area contributed by atoms with E-state index in [4.69, 9.17) is 16.3 Å². The summed E-state index contributed by atoms with van der Waals surface area (Å²) in [7, 11) is 0. The van der Waals surface area contributed by atoms with Gasteiger partial charge >= 0.3 is 5.97 Å². The van der Waals surface area contributed by atoms with Crippen LogP contribution in [0.2, 0.25) is 5.02 Å². The van der Waals surface area contributed by atoms with Crippen LogP contribution in [0.15, 0.2) is 48.0 Å². The van der Waals surface area contributed by atoms with E-state index in [2.05, 4.69) is 9.88 Å². The lowest BCUT2D eigenvalue weighted by Crippen LogP contribution is -2.50. The summed E-state index contributed by atoms with van der Waals surface area (Å²) in [5.41, 5.74) is 3.97. The highest BCUT2D eigenvalue weighted by Gasteiger charge is 2.23. The van der Waals surface area contributed by atoms with Gasteiger partial charge in [0.15, 0.2) is 6.61 Å². The van der Waals surface area contributed by atoms with Crippen LogP contribution in [0.1, 0.15) is 10.4 Å². The zero-order chi connectivity index (χ0) is 19.5. The van der Waals surface area contributed by atoms with Gasteiger partial charge in [0.25, 0.3) is 5.91 Å². The number of hydrogen-bond donors (Lipinski definition) is 0. The summed E-state index contributed by atoms with van der Waals surface area (Å²) >= 11 is 7.70. The maximum absolute atomic E-state index is 12.4. The molecule has 0 spiro atoms. The Morgan fingerprint density at radius 1 is 1.11 bits per heavy atom. The molecular formula is C20H18ClN3O3S. The van der Waals surface area contributed by atoms with Gasteiger partial charge in [0.1, 0.15) is 0 Å². The maximum Gasteiger partial charge on any atom is 0.338 e. The largest absolute Gasteiger partial charge is 0.452 e. The van der Waals surface area contributed by atoms with Gasteiger partial charge in [-0.25, -0.2) is 9.78 Å². The Bertz CT molecular complexity index is 1010. The Hall–Kier alpha value is -2.64. The van der Waals surface area contributed by atoms with Crippen molar-refractivity contribution in [2.75, 3.05) is 37.7 Å². The standard InChI is InChI=1S/C20H18ClN3O3S/c21-15-3-1-2-4-17(15)23-7-9-24(10-8-23)19(25)12-27-20(26)14-5-6-16-18(11-14)28-13-22-16/h1-6,11,13H,7-10,12H2. The molecule has 2 heterocycles. The minimum Gasteiger partial charge on any atom is -0.452 e. The monoisotopic (exact) mass is 415 g/mol. The molecule has 1 saturated heterocycles. The molecule has 0 unspecified atom stereocenters. The van der Waals surface area contributed by atoms with E-state index in [0.717, 1.165) is 15.9 Å². The zero-order valence-corrected chi connectivity index (χ0v) is 16.6. The van der Waals surface area contributed by atoms with Crippen molar-refractivity contribution in [2.24, 2.45) is 0 Å². The summed E-state index contributed by atoms with van der Waals surface area (Å²) in [6.07, 6.45) is 0. The minimum absolute atomic E-state index is 0.189. The molecule has 0 radical (unpaired) electrons. The number of nitrogens with zero attached hydrogens (tertiary/aromatic N) is 3. The molecule has 1 aromatic heterocycles. The van der Waals surface area contributed by atoms with Crippen molar-refractivity contribution in [3.8, 4) is 0 Å². The van der Waals surface area contributed by atoms with Crippen LogP contribution in [0.4, 0.5) is 5.69 Å². The highest BCUT2D eigenvalue weighted by atomic mass is 35.5. The average Bonchev–Trinajstić information content (AvgIpc) is 3.20. The number of hydrogen-bond acceptors (Lipinski definition) is 6. The third kappa shape index (κ3) is 3.95. The lowest BCUT2D eigenvalue weighted by Gasteiger charge is -2.36. The van der Waals surface area contributed by atoms with Crippen LogP contribution in [-0.2, 0) is 9.53 Å². The number of fused-ring (bicyclic) bond motifs is 1. The fourth-order valence-electron chi connectivity index (χ4n) is 3.19. The van der Waals surface area contributed by atoms with E-state index in [1.807, 2.05) is 24.3 Å². The summed E-state index contributed by atoms with van der Waals surface area (Å²) in [5.74, 6) is -0.690. The predicted octanol–water partition coefficient (Wildman–Crippen LogP) is 3.46. The van der Waals surface area contributed by atoms with Gasteiger partial charge in [-0.15, -0.1) is 11.3 Å². The third-order valence-electron chi connectivity index (χ3n) is 4.72. The van der Waals surface area contributed by atoms with Gasteiger partial charge in [0, 0.05) is 26.2 Å². The molecule has 2 aromatic carbocycles. The molecule has 1 fully saturated rings. The molecule has 1 aliphatic heterocycles. The lowest BCUT2D eigenvalue weighted by molar-refractivity contribution is -0.134. The molecule has 1 amide bonds. The summed E-state index contributed by atoms with van der Waals surface area (Å²) < 4.78 is 6.13. The van der Waals surface area contributed by atoms with Crippen molar-refractivity contribution >= 4 is 50.7 Å². The topological polar surface area (TPSA) is 62.7 Å². The second-order valence-corrected chi connectivity index (χ2v) is 7.72. The molecule has 0 atom stereocenters. The first kappa shape index (κ1) is 18.7. The van der Waals surface area contributed by atoms with Crippen molar-refractivity contribution in [2.45, 2.75) is 0 Å². The van der Waals surface area contributed by atoms with Crippen LogP contribution >= 0.6 is 22.9 Å². The smallest absolute Gasteiger partial charge is 0.338 e. The van der Waals surface area contributed by atoms with Crippen molar-refractivity contribution in [1.82, 2.24) is 9.88 Å². The normalized spacial score (nSPS) is 14.3. The molecular weight excluding hydrogens is 398 g/mol.